The number of hydrogen-bond acceptors (Lipinski definition) is 3. The number of fused-ring (bicyclic) bond motifs is 1. The second-order valence-electron chi connectivity index (χ2n) is 6.99. The van der Waals surface area contributed by atoms with Crippen molar-refractivity contribution in [2.75, 3.05) is 11.9 Å². The van der Waals surface area contributed by atoms with Crippen LogP contribution in [0.15, 0.2) is 71.5 Å². The Kier molecular flexibility index (Phi) is 6.53. The van der Waals surface area contributed by atoms with Crippen LogP contribution < -0.4 is 28.0 Å². The summed E-state index contributed by atoms with van der Waals surface area (Å²) in [5.41, 5.74) is 3.33. The summed E-state index contributed by atoms with van der Waals surface area (Å²) in [5, 5.41) is 5.67. The molecule has 0 fully saturated rings. The lowest BCUT2D eigenvalue weighted by Crippen LogP contribution is -3.00. The fourth-order valence-corrected chi connectivity index (χ4v) is 3.74. The summed E-state index contributed by atoms with van der Waals surface area (Å²) in [6, 6.07) is 22.0. The first kappa shape index (κ1) is 21.5. The number of hydrogen-bond donors (Lipinski definition) is 1. The minimum atomic E-state index is -0.0607. The molecule has 1 heterocycles. The van der Waals surface area contributed by atoms with Gasteiger partial charge >= 0.3 is 0 Å². The fourth-order valence-electron chi connectivity index (χ4n) is 3.74. The van der Waals surface area contributed by atoms with Gasteiger partial charge < -0.3 is 22.5 Å². The average Bonchev–Trinajstić information content (AvgIpc) is 2.96. The van der Waals surface area contributed by atoms with Crippen molar-refractivity contribution in [2.45, 2.75) is 20.4 Å². The summed E-state index contributed by atoms with van der Waals surface area (Å²) >= 11 is 0. The highest BCUT2D eigenvalue weighted by atomic mass is 35.5. The molecule has 3 aromatic carbocycles. The van der Waals surface area contributed by atoms with Crippen LogP contribution in [0, 0.1) is 6.92 Å². The lowest BCUT2D eigenvalue weighted by atomic mass is 10.0. The predicted molar refractivity (Wildman–Crippen MR) is 118 cm³/mol. The van der Waals surface area contributed by atoms with E-state index in [0.29, 0.717) is 18.8 Å². The summed E-state index contributed by atoms with van der Waals surface area (Å²) in [5.74, 6) is 0.843. The van der Waals surface area contributed by atoms with E-state index in [2.05, 4.69) is 23.5 Å². The van der Waals surface area contributed by atoms with Crippen molar-refractivity contribution in [3.63, 3.8) is 0 Å². The molecular weight excluding hydrogens is 398 g/mol. The molecule has 0 saturated heterocycles. The Hall–Kier alpha value is -3.18. The van der Waals surface area contributed by atoms with Crippen LogP contribution in [0.3, 0.4) is 0 Å². The van der Waals surface area contributed by atoms with Crippen LogP contribution in [0.4, 0.5) is 5.69 Å². The Morgan fingerprint density at radius 3 is 2.40 bits per heavy atom. The Morgan fingerprint density at radius 2 is 1.67 bits per heavy atom. The number of nitrogens with one attached hydrogen (secondary N) is 1. The monoisotopic (exact) mass is 422 g/mol. The Bertz CT molecular complexity index is 1210. The lowest BCUT2D eigenvalue weighted by molar-refractivity contribution is -0.00000647. The van der Waals surface area contributed by atoms with Gasteiger partial charge in [-0.25, -0.2) is 4.68 Å². The first-order chi connectivity index (χ1) is 14.1. The van der Waals surface area contributed by atoms with Gasteiger partial charge in [0.1, 0.15) is 11.4 Å². The molecule has 0 aliphatic heterocycles. The van der Waals surface area contributed by atoms with Crippen LogP contribution in [0.2, 0.25) is 0 Å². The van der Waals surface area contributed by atoms with Gasteiger partial charge in [0.2, 0.25) is 0 Å². The van der Waals surface area contributed by atoms with E-state index in [9.17, 15) is 4.79 Å². The number of para-hydroxylation sites is 1. The van der Waals surface area contributed by atoms with E-state index in [-0.39, 0.29) is 18.0 Å². The third kappa shape index (κ3) is 3.81. The fraction of sp³-hybridized carbons (Fsp3) is 0.208. The lowest BCUT2D eigenvalue weighted by Gasteiger charge is -2.14. The molecule has 4 aromatic rings. The van der Waals surface area contributed by atoms with Gasteiger partial charge in [-0.2, -0.15) is 0 Å². The smallest absolute Gasteiger partial charge is 0.295 e. The maximum atomic E-state index is 13.2. The number of rotatable bonds is 6. The van der Waals surface area contributed by atoms with E-state index in [4.69, 9.17) is 4.74 Å². The van der Waals surface area contributed by atoms with Crippen LogP contribution in [0.5, 0.6) is 5.75 Å². The molecule has 0 radical (unpaired) electrons. The number of halogens is 1. The second-order valence-corrected chi connectivity index (χ2v) is 6.99. The molecule has 6 heteroatoms. The maximum Gasteiger partial charge on any atom is 0.295 e. The number of ether oxygens (including phenoxy) is 1. The van der Waals surface area contributed by atoms with Crippen LogP contribution in [0.1, 0.15) is 18.2 Å². The Labute approximate surface area is 182 Å². The average molecular weight is 423 g/mol. The van der Waals surface area contributed by atoms with Gasteiger partial charge in [0.15, 0.2) is 0 Å². The SMILES string of the molecule is CCOc1ccc2ccccc2c1CNc1c(C)n(C)n(-c2ccccc2)c1=O.[Cl-]. The molecule has 0 saturated carbocycles. The third-order valence-corrected chi connectivity index (χ3v) is 5.29. The molecule has 0 aliphatic rings. The summed E-state index contributed by atoms with van der Waals surface area (Å²) < 4.78 is 9.43. The van der Waals surface area contributed by atoms with E-state index < -0.39 is 0 Å². The van der Waals surface area contributed by atoms with Crippen molar-refractivity contribution in [3.05, 3.63) is 88.3 Å². The van der Waals surface area contributed by atoms with E-state index in [1.807, 2.05) is 74.1 Å². The Balaban J connectivity index is 0.00000256. The standard InChI is InChI=1S/C24H25N3O2.ClH/c1-4-29-22-15-14-18-10-8-9-13-20(18)21(22)16-25-23-17(2)26(3)27(24(23)28)19-11-6-5-7-12-19;/h5-15,25H,4,16H2,1-3H3;1H/p-1. The summed E-state index contributed by atoms with van der Waals surface area (Å²) in [7, 11) is 1.90. The molecular formula is C24H25ClN3O2-. The van der Waals surface area contributed by atoms with Gasteiger partial charge in [0.05, 0.1) is 18.0 Å². The van der Waals surface area contributed by atoms with Crippen molar-refractivity contribution < 1.29 is 17.1 Å². The molecule has 4 rings (SSSR count). The minimum absolute atomic E-state index is 0. The molecule has 1 aromatic heterocycles. The van der Waals surface area contributed by atoms with Crippen LogP contribution in [-0.4, -0.2) is 16.0 Å². The molecule has 5 nitrogen and oxygen atoms in total. The van der Waals surface area contributed by atoms with Crippen LogP contribution >= 0.6 is 0 Å². The highest BCUT2D eigenvalue weighted by Crippen LogP contribution is 2.29. The molecule has 156 valence electrons. The van der Waals surface area contributed by atoms with Gasteiger partial charge in [-0.15, -0.1) is 0 Å². The van der Waals surface area contributed by atoms with Crippen LogP contribution in [-0.2, 0) is 13.6 Å². The molecule has 0 aliphatic carbocycles. The molecule has 0 amide bonds. The highest BCUT2D eigenvalue weighted by Gasteiger charge is 2.17. The van der Waals surface area contributed by atoms with Crippen molar-refractivity contribution in [1.29, 1.82) is 0 Å². The van der Waals surface area contributed by atoms with E-state index >= 15 is 0 Å². The zero-order valence-corrected chi connectivity index (χ0v) is 18.1. The van der Waals surface area contributed by atoms with Gasteiger partial charge in [-0.1, -0.05) is 48.5 Å². The molecule has 30 heavy (non-hydrogen) atoms. The van der Waals surface area contributed by atoms with Crippen LogP contribution in [0.25, 0.3) is 16.5 Å². The second kappa shape index (κ2) is 9.09. The first-order valence-electron chi connectivity index (χ1n) is 9.83. The molecule has 0 atom stereocenters. The summed E-state index contributed by atoms with van der Waals surface area (Å²) in [6.45, 7) is 5.03. The maximum absolute atomic E-state index is 13.2. The van der Waals surface area contributed by atoms with Gasteiger partial charge in [0, 0.05) is 19.2 Å². The van der Waals surface area contributed by atoms with E-state index in [1.54, 1.807) is 4.68 Å². The predicted octanol–water partition coefficient (Wildman–Crippen LogP) is 1.65. The van der Waals surface area contributed by atoms with E-state index in [0.717, 1.165) is 33.5 Å². The zero-order valence-electron chi connectivity index (χ0n) is 17.4. The number of anilines is 1. The summed E-state index contributed by atoms with van der Waals surface area (Å²) in [4.78, 5) is 13.2. The van der Waals surface area contributed by atoms with Gasteiger partial charge in [-0.3, -0.25) is 9.48 Å². The highest BCUT2D eigenvalue weighted by molar-refractivity contribution is 5.88. The Morgan fingerprint density at radius 1 is 0.967 bits per heavy atom. The topological polar surface area (TPSA) is 48.2 Å². The molecule has 0 unspecified atom stereocenters. The third-order valence-electron chi connectivity index (χ3n) is 5.29. The van der Waals surface area contributed by atoms with Crippen molar-refractivity contribution in [1.82, 2.24) is 9.36 Å². The van der Waals surface area contributed by atoms with E-state index in [1.165, 1.54) is 0 Å². The first-order valence-corrected chi connectivity index (χ1v) is 9.83. The van der Waals surface area contributed by atoms with Crippen molar-refractivity contribution in [3.8, 4) is 11.4 Å². The molecule has 1 N–H and O–H groups in total. The number of nitrogens with zero attached hydrogens (tertiary/aromatic N) is 2. The van der Waals surface area contributed by atoms with Crippen molar-refractivity contribution >= 4 is 16.5 Å². The number of aromatic nitrogens is 2. The quantitative estimate of drug-likeness (QED) is 0.514. The van der Waals surface area contributed by atoms with Gasteiger partial charge in [0.25, 0.3) is 5.56 Å². The van der Waals surface area contributed by atoms with Crippen molar-refractivity contribution in [2.24, 2.45) is 7.05 Å². The normalized spacial score (nSPS) is 10.6. The molecule has 0 bridgehead atoms. The zero-order chi connectivity index (χ0) is 20.4. The van der Waals surface area contributed by atoms with Gasteiger partial charge in [-0.05, 0) is 42.8 Å². The minimum Gasteiger partial charge on any atom is -1.00 e. The summed E-state index contributed by atoms with van der Waals surface area (Å²) in [6.07, 6.45) is 0. The number of benzene rings is 3. The molecule has 0 spiro atoms. The largest absolute Gasteiger partial charge is 1.00 e.